The smallest absolute Gasteiger partial charge is 0.169 e. The molecule has 50 valence electrons. The van der Waals surface area contributed by atoms with Crippen molar-refractivity contribution in [2.24, 2.45) is 0 Å². The number of halogens is 2. The first-order valence-electron chi connectivity index (χ1n) is 2.64. The molecule has 0 amide bonds. The van der Waals surface area contributed by atoms with E-state index in [-0.39, 0.29) is 0 Å². The fourth-order valence-corrected chi connectivity index (χ4v) is 0.948. The first kappa shape index (κ1) is 6.90. The van der Waals surface area contributed by atoms with Gasteiger partial charge in [0.1, 0.15) is 5.02 Å². The van der Waals surface area contributed by atoms with Crippen LogP contribution in [0.25, 0.3) is 0 Å². The van der Waals surface area contributed by atoms with E-state index in [1.807, 2.05) is 6.92 Å². The highest BCUT2D eigenvalue weighted by atomic mass is 35.5. The molecule has 0 radical (unpaired) electrons. The van der Waals surface area contributed by atoms with E-state index in [9.17, 15) is 0 Å². The molecule has 0 aliphatic rings. The second kappa shape index (κ2) is 2.58. The third-order valence-electron chi connectivity index (χ3n) is 1.09. The largest absolute Gasteiger partial charge is 0.280 e. The zero-order valence-corrected chi connectivity index (χ0v) is 6.42. The van der Waals surface area contributed by atoms with Gasteiger partial charge >= 0.3 is 0 Å². The molecule has 0 bridgehead atoms. The molecule has 1 heterocycles. The van der Waals surface area contributed by atoms with E-state index in [2.05, 4.69) is 10.2 Å². The molecule has 0 saturated carbocycles. The van der Waals surface area contributed by atoms with Crippen molar-refractivity contribution in [1.29, 1.82) is 0 Å². The summed E-state index contributed by atoms with van der Waals surface area (Å²) in [6.45, 7) is 1.98. The van der Waals surface area contributed by atoms with Gasteiger partial charge in [0.15, 0.2) is 5.15 Å². The number of nitrogens with one attached hydrogen (secondary N) is 1. The lowest BCUT2D eigenvalue weighted by atomic mass is 10.3. The van der Waals surface area contributed by atoms with Crippen LogP contribution in [0.15, 0.2) is 0 Å². The number of aromatic amines is 1. The summed E-state index contributed by atoms with van der Waals surface area (Å²) in [5.74, 6) is 0. The highest BCUT2D eigenvalue weighted by Crippen LogP contribution is 2.22. The van der Waals surface area contributed by atoms with Crippen LogP contribution in [-0.2, 0) is 6.42 Å². The van der Waals surface area contributed by atoms with E-state index < -0.39 is 0 Å². The monoisotopic (exact) mass is 164 g/mol. The summed E-state index contributed by atoms with van der Waals surface area (Å²) in [6, 6.07) is 0. The van der Waals surface area contributed by atoms with E-state index in [1.165, 1.54) is 0 Å². The molecule has 4 heteroatoms. The van der Waals surface area contributed by atoms with Gasteiger partial charge < -0.3 is 0 Å². The molecule has 0 spiro atoms. The van der Waals surface area contributed by atoms with Gasteiger partial charge in [0.25, 0.3) is 0 Å². The third kappa shape index (κ3) is 1.19. The molecular formula is C5H6Cl2N2. The number of hydrogen-bond donors (Lipinski definition) is 1. The molecule has 0 aromatic carbocycles. The van der Waals surface area contributed by atoms with Crippen LogP contribution >= 0.6 is 23.2 Å². The fraction of sp³-hybridized carbons (Fsp3) is 0.400. The number of H-pyrrole nitrogens is 1. The molecule has 2 nitrogen and oxygen atoms in total. The molecule has 0 unspecified atom stereocenters. The second-order valence-electron chi connectivity index (χ2n) is 1.66. The van der Waals surface area contributed by atoms with E-state index in [0.29, 0.717) is 10.2 Å². The normalized spacial score (nSPS) is 10.1. The van der Waals surface area contributed by atoms with Gasteiger partial charge in [0, 0.05) is 0 Å². The van der Waals surface area contributed by atoms with Crippen LogP contribution in [0, 0.1) is 0 Å². The summed E-state index contributed by atoms with van der Waals surface area (Å²) in [7, 11) is 0. The average Bonchev–Trinajstić information content (AvgIpc) is 2.15. The molecule has 1 rings (SSSR count). The number of rotatable bonds is 1. The van der Waals surface area contributed by atoms with Crippen molar-refractivity contribution in [3.05, 3.63) is 15.9 Å². The topological polar surface area (TPSA) is 28.7 Å². The van der Waals surface area contributed by atoms with Gasteiger partial charge in [0.05, 0.1) is 5.69 Å². The van der Waals surface area contributed by atoms with E-state index >= 15 is 0 Å². The third-order valence-corrected chi connectivity index (χ3v) is 1.87. The van der Waals surface area contributed by atoms with Crippen molar-refractivity contribution in [2.75, 3.05) is 0 Å². The average molecular weight is 165 g/mol. The summed E-state index contributed by atoms with van der Waals surface area (Å²) >= 11 is 11.2. The summed E-state index contributed by atoms with van der Waals surface area (Å²) < 4.78 is 0. The van der Waals surface area contributed by atoms with Gasteiger partial charge in [-0.25, -0.2) is 0 Å². The molecule has 1 N–H and O–H groups in total. The van der Waals surface area contributed by atoms with Crippen LogP contribution in [0.2, 0.25) is 10.2 Å². The molecule has 1 aromatic heterocycles. The van der Waals surface area contributed by atoms with Crippen LogP contribution in [0.5, 0.6) is 0 Å². The Kier molecular flexibility index (Phi) is 1.98. The van der Waals surface area contributed by atoms with Crippen molar-refractivity contribution >= 4 is 23.2 Å². The van der Waals surface area contributed by atoms with Crippen LogP contribution in [0.1, 0.15) is 12.6 Å². The van der Waals surface area contributed by atoms with Gasteiger partial charge in [-0.2, -0.15) is 5.10 Å². The number of aryl methyl sites for hydroxylation is 1. The van der Waals surface area contributed by atoms with Gasteiger partial charge in [-0.15, -0.1) is 0 Å². The van der Waals surface area contributed by atoms with Gasteiger partial charge in [-0.05, 0) is 6.42 Å². The molecule has 0 aliphatic heterocycles. The zero-order valence-electron chi connectivity index (χ0n) is 4.91. The van der Waals surface area contributed by atoms with Gasteiger partial charge in [-0.3, -0.25) is 5.10 Å². The maximum atomic E-state index is 5.68. The van der Waals surface area contributed by atoms with Crippen molar-refractivity contribution in [1.82, 2.24) is 10.2 Å². The molecular weight excluding hydrogens is 159 g/mol. The summed E-state index contributed by atoms with van der Waals surface area (Å²) in [6.07, 6.45) is 0.832. The SMILES string of the molecule is CCc1[nH]nc(Cl)c1Cl. The van der Waals surface area contributed by atoms with E-state index in [1.54, 1.807) is 0 Å². The van der Waals surface area contributed by atoms with Crippen molar-refractivity contribution < 1.29 is 0 Å². The molecule has 0 fully saturated rings. The van der Waals surface area contributed by atoms with Crippen molar-refractivity contribution in [3.8, 4) is 0 Å². The summed E-state index contributed by atoms with van der Waals surface area (Å²) in [5, 5.41) is 7.30. The lowest BCUT2D eigenvalue weighted by Crippen LogP contribution is -1.78. The van der Waals surface area contributed by atoms with Crippen LogP contribution < -0.4 is 0 Å². The quantitative estimate of drug-likeness (QED) is 0.679. The Morgan fingerprint density at radius 1 is 1.56 bits per heavy atom. The summed E-state index contributed by atoms with van der Waals surface area (Å²) in [4.78, 5) is 0. The summed E-state index contributed by atoms with van der Waals surface area (Å²) in [5.41, 5.74) is 0.890. The predicted octanol–water partition coefficient (Wildman–Crippen LogP) is 2.28. The first-order valence-corrected chi connectivity index (χ1v) is 3.39. The van der Waals surface area contributed by atoms with Crippen LogP contribution in [0.4, 0.5) is 0 Å². The van der Waals surface area contributed by atoms with Crippen molar-refractivity contribution in [2.45, 2.75) is 13.3 Å². The number of nitrogens with zero attached hydrogens (tertiary/aromatic N) is 1. The number of aromatic nitrogens is 2. The molecule has 9 heavy (non-hydrogen) atoms. The Labute approximate surface area is 63.2 Å². The molecule has 0 saturated heterocycles. The maximum absolute atomic E-state index is 5.68. The Hall–Kier alpha value is -0.210. The lowest BCUT2D eigenvalue weighted by Gasteiger charge is -1.85. The minimum Gasteiger partial charge on any atom is -0.280 e. The molecule has 1 aromatic rings. The highest BCUT2D eigenvalue weighted by Gasteiger charge is 2.04. The van der Waals surface area contributed by atoms with E-state index in [4.69, 9.17) is 23.2 Å². The highest BCUT2D eigenvalue weighted by molar-refractivity contribution is 6.41. The standard InChI is InChI=1S/C5H6Cl2N2/c1-2-3-4(6)5(7)9-8-3/h2H2,1H3,(H,8,9). The minimum absolute atomic E-state index is 0.355. The molecule has 0 aliphatic carbocycles. The maximum Gasteiger partial charge on any atom is 0.169 e. The Morgan fingerprint density at radius 2 is 2.22 bits per heavy atom. The van der Waals surface area contributed by atoms with Crippen molar-refractivity contribution in [3.63, 3.8) is 0 Å². The Morgan fingerprint density at radius 3 is 2.44 bits per heavy atom. The van der Waals surface area contributed by atoms with Crippen LogP contribution in [0.3, 0.4) is 0 Å². The molecule has 0 atom stereocenters. The zero-order chi connectivity index (χ0) is 6.85. The lowest BCUT2D eigenvalue weighted by molar-refractivity contribution is 0.975. The number of hydrogen-bond acceptors (Lipinski definition) is 1. The fourth-order valence-electron chi connectivity index (χ4n) is 0.573. The Bertz CT molecular complexity index is 207. The van der Waals surface area contributed by atoms with Crippen LogP contribution in [-0.4, -0.2) is 10.2 Å². The van der Waals surface area contributed by atoms with Gasteiger partial charge in [-0.1, -0.05) is 30.1 Å². The Balaban J connectivity index is 3.04. The predicted molar refractivity (Wildman–Crippen MR) is 38.0 cm³/mol. The van der Waals surface area contributed by atoms with E-state index in [0.717, 1.165) is 12.1 Å². The van der Waals surface area contributed by atoms with Gasteiger partial charge in [0.2, 0.25) is 0 Å². The second-order valence-corrected chi connectivity index (χ2v) is 2.40. The minimum atomic E-state index is 0.355. The first-order chi connectivity index (χ1) is 4.25.